The smallest absolute Gasteiger partial charge is 0.455 e. The Balaban J connectivity index is 2.66. The lowest BCUT2D eigenvalue weighted by Gasteiger charge is -2.19. The summed E-state index contributed by atoms with van der Waals surface area (Å²) in [5.74, 6) is -6.92. The normalized spacial score (nSPS) is 12.3. The van der Waals surface area contributed by atoms with Gasteiger partial charge in [0.1, 0.15) is 12.4 Å². The van der Waals surface area contributed by atoms with Crippen LogP contribution in [-0.4, -0.2) is 31.8 Å². The fourth-order valence-electron chi connectivity index (χ4n) is 1.30. The van der Waals surface area contributed by atoms with E-state index in [1.54, 1.807) is 0 Å². The van der Waals surface area contributed by atoms with Gasteiger partial charge in [0.15, 0.2) is 0 Å². The second-order valence-corrected chi connectivity index (χ2v) is 4.00. The molecule has 0 N–H and O–H groups in total. The molecule has 0 spiro atoms. The summed E-state index contributed by atoms with van der Waals surface area (Å²) in [4.78, 5) is 11.1. The maximum Gasteiger partial charge on any atom is 0.455 e. The standard InChI is InChI=1S/C12H10F6O3/c1-20-10(19)8-3-2-7(4-9(8)13)5-21-6-11(14,15)12(16,17)18/h2-4H,5-6H2,1H3. The predicted molar refractivity (Wildman–Crippen MR) is 58.4 cm³/mol. The minimum Gasteiger partial charge on any atom is -0.465 e. The zero-order valence-electron chi connectivity index (χ0n) is 10.6. The SMILES string of the molecule is COC(=O)c1ccc(COCC(F)(F)C(F)(F)F)cc1F. The average Bonchev–Trinajstić information content (AvgIpc) is 2.36. The highest BCUT2D eigenvalue weighted by Crippen LogP contribution is 2.35. The number of carbonyl (C=O) groups is 1. The molecule has 1 aromatic carbocycles. The summed E-state index contributed by atoms with van der Waals surface area (Å²) in [6, 6.07) is 2.96. The van der Waals surface area contributed by atoms with Gasteiger partial charge in [0, 0.05) is 0 Å². The first-order valence-electron chi connectivity index (χ1n) is 5.47. The van der Waals surface area contributed by atoms with Crippen molar-refractivity contribution in [2.75, 3.05) is 13.7 Å². The van der Waals surface area contributed by atoms with Crippen LogP contribution in [0.1, 0.15) is 15.9 Å². The Bertz CT molecular complexity index is 512. The molecule has 0 atom stereocenters. The summed E-state index contributed by atoms with van der Waals surface area (Å²) < 4.78 is 82.7. The molecule has 0 bridgehead atoms. The highest BCUT2D eigenvalue weighted by Gasteiger charge is 2.57. The molecule has 0 saturated carbocycles. The predicted octanol–water partition coefficient (Wildman–Crippen LogP) is 3.33. The highest BCUT2D eigenvalue weighted by molar-refractivity contribution is 5.89. The van der Waals surface area contributed by atoms with E-state index in [-0.39, 0.29) is 11.1 Å². The van der Waals surface area contributed by atoms with E-state index >= 15 is 0 Å². The van der Waals surface area contributed by atoms with Crippen molar-refractivity contribution in [2.24, 2.45) is 0 Å². The number of halogens is 6. The van der Waals surface area contributed by atoms with Crippen molar-refractivity contribution in [3.05, 3.63) is 35.1 Å². The van der Waals surface area contributed by atoms with Gasteiger partial charge in [-0.3, -0.25) is 0 Å². The fourth-order valence-corrected chi connectivity index (χ4v) is 1.30. The van der Waals surface area contributed by atoms with Gasteiger partial charge in [0.2, 0.25) is 0 Å². The van der Waals surface area contributed by atoms with Crippen LogP contribution in [0.3, 0.4) is 0 Å². The van der Waals surface area contributed by atoms with Crippen LogP contribution in [-0.2, 0) is 16.1 Å². The van der Waals surface area contributed by atoms with Crippen molar-refractivity contribution in [1.82, 2.24) is 0 Å². The number of rotatable bonds is 5. The third-order valence-electron chi connectivity index (χ3n) is 2.41. The van der Waals surface area contributed by atoms with Crippen molar-refractivity contribution in [3.8, 4) is 0 Å². The summed E-state index contributed by atoms with van der Waals surface area (Å²) in [6.45, 7) is -2.54. The molecule has 0 aliphatic carbocycles. The lowest BCUT2D eigenvalue weighted by molar-refractivity contribution is -0.297. The first kappa shape index (κ1) is 17.3. The first-order chi connectivity index (χ1) is 9.58. The molecular formula is C12H10F6O3. The number of hydrogen-bond acceptors (Lipinski definition) is 3. The number of ether oxygens (including phenoxy) is 2. The lowest BCUT2D eigenvalue weighted by atomic mass is 10.1. The average molecular weight is 316 g/mol. The van der Waals surface area contributed by atoms with Gasteiger partial charge < -0.3 is 9.47 Å². The molecule has 3 nitrogen and oxygen atoms in total. The number of benzene rings is 1. The van der Waals surface area contributed by atoms with Gasteiger partial charge in [-0.05, 0) is 17.7 Å². The molecule has 118 valence electrons. The number of esters is 1. The lowest BCUT2D eigenvalue weighted by Crippen LogP contribution is -2.40. The van der Waals surface area contributed by atoms with Gasteiger partial charge in [-0.15, -0.1) is 0 Å². The monoisotopic (exact) mass is 316 g/mol. The van der Waals surface area contributed by atoms with Gasteiger partial charge in [0.05, 0.1) is 19.3 Å². The quantitative estimate of drug-likeness (QED) is 0.617. The molecular weight excluding hydrogens is 306 g/mol. The second-order valence-electron chi connectivity index (χ2n) is 4.00. The highest BCUT2D eigenvalue weighted by atomic mass is 19.4. The van der Waals surface area contributed by atoms with Crippen LogP contribution in [0.5, 0.6) is 0 Å². The molecule has 21 heavy (non-hydrogen) atoms. The molecule has 0 aromatic heterocycles. The Hall–Kier alpha value is -1.77. The zero-order chi connectivity index (χ0) is 16.3. The number of hydrogen-bond donors (Lipinski definition) is 0. The fraction of sp³-hybridized carbons (Fsp3) is 0.417. The molecule has 0 unspecified atom stereocenters. The third kappa shape index (κ3) is 4.35. The molecule has 0 fully saturated rings. The molecule has 0 aliphatic heterocycles. The third-order valence-corrected chi connectivity index (χ3v) is 2.41. The Kier molecular flexibility index (Phi) is 5.21. The van der Waals surface area contributed by atoms with E-state index in [0.29, 0.717) is 0 Å². The van der Waals surface area contributed by atoms with Crippen LogP contribution in [0.2, 0.25) is 0 Å². The van der Waals surface area contributed by atoms with Crippen molar-refractivity contribution in [1.29, 1.82) is 0 Å². The van der Waals surface area contributed by atoms with Crippen LogP contribution < -0.4 is 0 Å². The molecule has 0 radical (unpaired) electrons. The van der Waals surface area contributed by atoms with Crippen molar-refractivity contribution < 1.29 is 40.6 Å². The van der Waals surface area contributed by atoms with Gasteiger partial charge in [-0.2, -0.15) is 22.0 Å². The number of methoxy groups -OCH3 is 1. The summed E-state index contributed by atoms with van der Waals surface area (Å²) in [5.41, 5.74) is -0.389. The van der Waals surface area contributed by atoms with Gasteiger partial charge >= 0.3 is 18.1 Å². The molecule has 0 heterocycles. The molecule has 0 saturated heterocycles. The number of alkyl halides is 5. The maximum atomic E-state index is 13.5. The minimum absolute atomic E-state index is 0.00173. The van der Waals surface area contributed by atoms with Gasteiger partial charge in [-0.25, -0.2) is 9.18 Å². The van der Waals surface area contributed by atoms with Crippen LogP contribution in [0.25, 0.3) is 0 Å². The Morgan fingerprint density at radius 1 is 1.19 bits per heavy atom. The summed E-state index contributed by atoms with van der Waals surface area (Å²) in [7, 11) is 1.04. The molecule has 0 aliphatic rings. The largest absolute Gasteiger partial charge is 0.465 e. The van der Waals surface area contributed by atoms with Gasteiger partial charge in [0.25, 0.3) is 0 Å². The van der Waals surface area contributed by atoms with Crippen molar-refractivity contribution in [3.63, 3.8) is 0 Å². The van der Waals surface area contributed by atoms with Crippen LogP contribution in [0.15, 0.2) is 18.2 Å². The van der Waals surface area contributed by atoms with E-state index in [1.807, 2.05) is 0 Å². The molecule has 0 amide bonds. The van der Waals surface area contributed by atoms with Gasteiger partial charge in [-0.1, -0.05) is 6.07 Å². The summed E-state index contributed by atoms with van der Waals surface area (Å²) >= 11 is 0. The Labute approximate surface area is 115 Å². The van der Waals surface area contributed by atoms with Crippen molar-refractivity contribution in [2.45, 2.75) is 18.7 Å². The van der Waals surface area contributed by atoms with E-state index in [0.717, 1.165) is 25.3 Å². The maximum absolute atomic E-state index is 13.5. The van der Waals surface area contributed by atoms with Crippen LogP contribution in [0.4, 0.5) is 26.3 Å². The topological polar surface area (TPSA) is 35.5 Å². The van der Waals surface area contributed by atoms with E-state index in [2.05, 4.69) is 9.47 Å². The minimum atomic E-state index is -5.72. The summed E-state index contributed by atoms with van der Waals surface area (Å²) in [6.07, 6.45) is -5.72. The molecule has 1 aromatic rings. The first-order valence-corrected chi connectivity index (χ1v) is 5.47. The van der Waals surface area contributed by atoms with E-state index in [1.165, 1.54) is 0 Å². The molecule has 1 rings (SSSR count). The number of carbonyl (C=O) groups excluding carboxylic acids is 1. The molecule has 9 heteroatoms. The van der Waals surface area contributed by atoms with Crippen LogP contribution in [0, 0.1) is 5.82 Å². The van der Waals surface area contributed by atoms with Crippen LogP contribution >= 0.6 is 0 Å². The van der Waals surface area contributed by atoms with E-state index in [9.17, 15) is 31.1 Å². The van der Waals surface area contributed by atoms with E-state index in [4.69, 9.17) is 0 Å². The van der Waals surface area contributed by atoms with E-state index < -0.39 is 37.1 Å². The Morgan fingerprint density at radius 2 is 1.81 bits per heavy atom. The second kappa shape index (κ2) is 6.33. The Morgan fingerprint density at radius 3 is 2.29 bits per heavy atom. The zero-order valence-corrected chi connectivity index (χ0v) is 10.6. The van der Waals surface area contributed by atoms with Crippen molar-refractivity contribution >= 4 is 5.97 Å². The summed E-state index contributed by atoms with van der Waals surface area (Å²) in [5, 5.41) is 0.